The molecule has 5 rings (SSSR count). The molecule has 1 atom stereocenters. The number of thioether (sulfide) groups is 1. The minimum atomic E-state index is -0.320. The molecule has 35 heavy (non-hydrogen) atoms. The zero-order valence-electron chi connectivity index (χ0n) is 19.5. The lowest BCUT2D eigenvalue weighted by Crippen LogP contribution is -2.33. The summed E-state index contributed by atoms with van der Waals surface area (Å²) in [5, 5.41) is 13.1. The van der Waals surface area contributed by atoms with Gasteiger partial charge < -0.3 is 5.32 Å². The largest absolute Gasteiger partial charge is 0.345 e. The summed E-state index contributed by atoms with van der Waals surface area (Å²) >= 11 is 1.54. The average Bonchev–Trinajstić information content (AvgIpc) is 3.64. The maximum atomic E-state index is 13.3. The number of halogens is 1. The first-order valence-corrected chi connectivity index (χ1v) is 12.8. The Kier molecular flexibility index (Phi) is 6.95. The van der Waals surface area contributed by atoms with Crippen molar-refractivity contribution in [2.45, 2.75) is 43.1 Å². The number of aromatic nitrogens is 3. The van der Waals surface area contributed by atoms with Crippen molar-refractivity contribution in [1.29, 1.82) is 0 Å². The summed E-state index contributed by atoms with van der Waals surface area (Å²) < 4.78 is 15.4. The van der Waals surface area contributed by atoms with Gasteiger partial charge in [-0.2, -0.15) is 0 Å². The molecule has 1 aromatic heterocycles. The number of hydrogen-bond acceptors (Lipinski definition) is 4. The van der Waals surface area contributed by atoms with Crippen molar-refractivity contribution in [3.8, 4) is 5.69 Å². The molecule has 1 aliphatic rings. The molecule has 5 nitrogen and oxygen atoms in total. The molecular weight excluding hydrogens is 459 g/mol. The van der Waals surface area contributed by atoms with E-state index >= 15 is 0 Å². The lowest BCUT2D eigenvalue weighted by molar-refractivity contribution is -0.123. The van der Waals surface area contributed by atoms with E-state index in [1.165, 1.54) is 12.1 Å². The fraction of sp³-hybridized carbons (Fsp3) is 0.250. The number of hydrogen-bond donors (Lipinski definition) is 1. The predicted molar refractivity (Wildman–Crippen MR) is 136 cm³/mol. The molecule has 0 aliphatic heterocycles. The second-order valence-corrected chi connectivity index (χ2v) is 9.89. The van der Waals surface area contributed by atoms with E-state index in [1.807, 2.05) is 34.9 Å². The fourth-order valence-corrected chi connectivity index (χ4v) is 4.87. The lowest BCUT2D eigenvalue weighted by Gasteiger charge is -2.20. The standard InChI is InChI=1S/C28H27FN4OS/c1-19-7-15-24(16-8-19)33-26(31-32-28(33)35-18-21-9-13-23(29)14-10-21)25(30-27(34)22-11-12-22)17-20-5-3-2-4-6-20/h2-10,13-16,22,25H,11-12,17-18H2,1H3,(H,30,34). The van der Waals surface area contributed by atoms with Crippen LogP contribution in [-0.2, 0) is 17.0 Å². The van der Waals surface area contributed by atoms with Crippen LogP contribution in [0.1, 0.15) is 41.4 Å². The van der Waals surface area contributed by atoms with Gasteiger partial charge in [0.1, 0.15) is 5.82 Å². The van der Waals surface area contributed by atoms with Gasteiger partial charge in [-0.1, -0.05) is 71.9 Å². The van der Waals surface area contributed by atoms with Gasteiger partial charge in [-0.25, -0.2) is 4.39 Å². The Hall–Kier alpha value is -3.45. The second-order valence-electron chi connectivity index (χ2n) is 8.95. The van der Waals surface area contributed by atoms with Gasteiger partial charge >= 0.3 is 0 Å². The van der Waals surface area contributed by atoms with E-state index in [9.17, 15) is 9.18 Å². The maximum Gasteiger partial charge on any atom is 0.223 e. The number of nitrogens with one attached hydrogen (secondary N) is 1. The third-order valence-corrected chi connectivity index (χ3v) is 7.09. The first-order valence-electron chi connectivity index (χ1n) is 11.8. The summed E-state index contributed by atoms with van der Waals surface area (Å²) in [4.78, 5) is 12.8. The van der Waals surface area contributed by atoms with Gasteiger partial charge in [0, 0.05) is 17.4 Å². The van der Waals surface area contributed by atoms with E-state index in [0.717, 1.165) is 40.4 Å². The van der Waals surface area contributed by atoms with Gasteiger partial charge in [0.25, 0.3) is 0 Å². The molecule has 1 amide bonds. The summed E-state index contributed by atoms with van der Waals surface area (Å²) in [6.07, 6.45) is 2.49. The van der Waals surface area contributed by atoms with Gasteiger partial charge in [-0.15, -0.1) is 10.2 Å². The minimum absolute atomic E-state index is 0.0740. The Balaban J connectivity index is 1.50. The van der Waals surface area contributed by atoms with Crippen LogP contribution in [0, 0.1) is 18.7 Å². The van der Waals surface area contributed by atoms with Gasteiger partial charge in [0.15, 0.2) is 11.0 Å². The smallest absolute Gasteiger partial charge is 0.223 e. The molecule has 4 aromatic rings. The van der Waals surface area contributed by atoms with Crippen LogP contribution in [0.25, 0.3) is 5.69 Å². The third kappa shape index (κ3) is 5.80. The summed E-state index contributed by atoms with van der Waals surface area (Å²) in [5.41, 5.74) is 4.22. The quantitative estimate of drug-likeness (QED) is 0.303. The van der Waals surface area contributed by atoms with Gasteiger partial charge in [-0.3, -0.25) is 9.36 Å². The topological polar surface area (TPSA) is 59.8 Å². The summed E-state index contributed by atoms with van der Waals surface area (Å²) in [7, 11) is 0. The molecule has 0 bridgehead atoms. The first kappa shape index (κ1) is 23.3. The molecule has 1 N–H and O–H groups in total. The second kappa shape index (κ2) is 10.4. The van der Waals surface area contributed by atoms with Gasteiger partial charge in [0.05, 0.1) is 6.04 Å². The Bertz CT molecular complexity index is 1290. The van der Waals surface area contributed by atoms with Crippen molar-refractivity contribution in [3.05, 3.63) is 107 Å². The third-order valence-electron chi connectivity index (χ3n) is 6.09. The van der Waals surface area contributed by atoms with Crippen LogP contribution in [-0.4, -0.2) is 20.7 Å². The van der Waals surface area contributed by atoms with Gasteiger partial charge in [0.2, 0.25) is 5.91 Å². The molecule has 1 fully saturated rings. The normalized spacial score (nSPS) is 14.0. The highest BCUT2D eigenvalue weighted by Crippen LogP contribution is 2.32. The SMILES string of the molecule is Cc1ccc(-n2c(SCc3ccc(F)cc3)nnc2C(Cc2ccccc2)NC(=O)C2CC2)cc1. The molecule has 1 saturated carbocycles. The molecule has 0 saturated heterocycles. The van der Waals surface area contributed by atoms with Crippen molar-refractivity contribution in [1.82, 2.24) is 20.1 Å². The maximum absolute atomic E-state index is 13.3. The molecule has 0 spiro atoms. The van der Waals surface area contributed by atoms with Crippen LogP contribution in [0.4, 0.5) is 4.39 Å². The number of carbonyl (C=O) groups is 1. The summed E-state index contributed by atoms with van der Waals surface area (Å²) in [5.74, 6) is 1.25. The number of carbonyl (C=O) groups excluding carboxylic acids is 1. The van der Waals surface area contributed by atoms with Crippen LogP contribution in [0.5, 0.6) is 0 Å². The van der Waals surface area contributed by atoms with E-state index in [-0.39, 0.29) is 23.7 Å². The number of amides is 1. The van der Waals surface area contributed by atoms with Crippen LogP contribution in [0.15, 0.2) is 84.0 Å². The molecular formula is C28H27FN4OS. The zero-order chi connectivity index (χ0) is 24.2. The molecule has 1 heterocycles. The first-order chi connectivity index (χ1) is 17.1. The molecule has 1 aliphatic carbocycles. The Morgan fingerprint density at radius 3 is 2.40 bits per heavy atom. The van der Waals surface area contributed by atoms with Crippen molar-refractivity contribution in [3.63, 3.8) is 0 Å². The monoisotopic (exact) mass is 486 g/mol. The molecule has 7 heteroatoms. The van der Waals surface area contributed by atoms with Crippen LogP contribution in [0.2, 0.25) is 0 Å². The molecule has 1 unspecified atom stereocenters. The highest BCUT2D eigenvalue weighted by Gasteiger charge is 2.33. The van der Waals surface area contributed by atoms with E-state index in [1.54, 1.807) is 23.9 Å². The molecule has 3 aromatic carbocycles. The van der Waals surface area contributed by atoms with Crippen LogP contribution < -0.4 is 5.32 Å². The number of rotatable bonds is 9. The lowest BCUT2D eigenvalue weighted by atomic mass is 10.0. The number of aryl methyl sites for hydroxylation is 1. The highest BCUT2D eigenvalue weighted by molar-refractivity contribution is 7.98. The van der Waals surface area contributed by atoms with E-state index in [0.29, 0.717) is 18.0 Å². The zero-order valence-corrected chi connectivity index (χ0v) is 20.3. The van der Waals surface area contributed by atoms with E-state index < -0.39 is 0 Å². The summed E-state index contributed by atoms with van der Waals surface area (Å²) in [6.45, 7) is 2.05. The van der Waals surface area contributed by atoms with Crippen molar-refractivity contribution in [2.75, 3.05) is 0 Å². The number of benzene rings is 3. The van der Waals surface area contributed by atoms with Gasteiger partial charge in [-0.05, 0) is 61.6 Å². The van der Waals surface area contributed by atoms with Crippen LogP contribution in [0.3, 0.4) is 0 Å². The van der Waals surface area contributed by atoms with Crippen LogP contribution >= 0.6 is 11.8 Å². The molecule has 178 valence electrons. The Labute approximate surface area is 208 Å². The summed E-state index contributed by atoms with van der Waals surface area (Å²) in [6, 6.07) is 24.5. The van der Waals surface area contributed by atoms with E-state index in [4.69, 9.17) is 0 Å². The number of nitrogens with zero attached hydrogens (tertiary/aromatic N) is 3. The molecule has 0 radical (unpaired) electrons. The van der Waals surface area contributed by atoms with Crippen molar-refractivity contribution >= 4 is 17.7 Å². The van der Waals surface area contributed by atoms with E-state index in [2.05, 4.69) is 46.7 Å². The fourth-order valence-electron chi connectivity index (χ4n) is 3.96. The average molecular weight is 487 g/mol. The Morgan fingerprint density at radius 1 is 1.00 bits per heavy atom. The Morgan fingerprint density at radius 2 is 1.71 bits per heavy atom. The van der Waals surface area contributed by atoms with Crippen molar-refractivity contribution in [2.24, 2.45) is 5.92 Å². The highest BCUT2D eigenvalue weighted by atomic mass is 32.2. The van der Waals surface area contributed by atoms with Crippen molar-refractivity contribution < 1.29 is 9.18 Å². The minimum Gasteiger partial charge on any atom is -0.345 e. The predicted octanol–water partition coefficient (Wildman–Crippen LogP) is 5.82.